The van der Waals surface area contributed by atoms with Gasteiger partial charge in [0.2, 0.25) is 5.91 Å². The third-order valence-corrected chi connectivity index (χ3v) is 3.52. The number of thiophene rings is 1. The summed E-state index contributed by atoms with van der Waals surface area (Å²) in [5, 5.41) is 5.08. The fourth-order valence-electron chi connectivity index (χ4n) is 1.37. The van der Waals surface area contributed by atoms with E-state index in [4.69, 9.17) is 0 Å². The second kappa shape index (κ2) is 5.31. The van der Waals surface area contributed by atoms with Gasteiger partial charge in [0, 0.05) is 17.8 Å². The summed E-state index contributed by atoms with van der Waals surface area (Å²) in [5.41, 5.74) is 2.56. The molecule has 0 aromatic carbocycles. The Labute approximate surface area is 95.7 Å². The molecule has 0 radical (unpaired) electrons. The summed E-state index contributed by atoms with van der Waals surface area (Å²) in [6.45, 7) is 9.00. The molecule has 1 N–H and O–H groups in total. The summed E-state index contributed by atoms with van der Waals surface area (Å²) < 4.78 is 0. The molecule has 0 aliphatic rings. The van der Waals surface area contributed by atoms with Crippen LogP contribution in [0.15, 0.2) is 5.38 Å². The average molecular weight is 225 g/mol. The molecule has 2 nitrogen and oxygen atoms in total. The smallest absolute Gasteiger partial charge is 0.220 e. The third kappa shape index (κ3) is 3.67. The van der Waals surface area contributed by atoms with E-state index in [1.54, 1.807) is 11.3 Å². The van der Waals surface area contributed by atoms with Crippen LogP contribution in [0.4, 0.5) is 0 Å². The molecule has 0 unspecified atom stereocenters. The highest BCUT2D eigenvalue weighted by molar-refractivity contribution is 7.10. The van der Waals surface area contributed by atoms with E-state index in [1.807, 2.05) is 0 Å². The van der Waals surface area contributed by atoms with Crippen LogP contribution in [-0.4, -0.2) is 5.91 Å². The van der Waals surface area contributed by atoms with E-state index in [2.05, 4.69) is 38.4 Å². The van der Waals surface area contributed by atoms with Gasteiger partial charge in [-0.25, -0.2) is 0 Å². The highest BCUT2D eigenvalue weighted by Gasteiger charge is 2.07. The Bertz CT molecular complexity index is 341. The minimum atomic E-state index is 0.147. The maximum Gasteiger partial charge on any atom is 0.220 e. The van der Waals surface area contributed by atoms with Gasteiger partial charge in [-0.1, -0.05) is 13.8 Å². The van der Waals surface area contributed by atoms with Crippen molar-refractivity contribution in [1.29, 1.82) is 0 Å². The quantitative estimate of drug-likeness (QED) is 0.838. The maximum atomic E-state index is 11.4. The molecule has 1 rings (SSSR count). The Balaban J connectivity index is 2.44. The zero-order valence-electron chi connectivity index (χ0n) is 9.89. The normalized spacial score (nSPS) is 10.7. The van der Waals surface area contributed by atoms with Crippen LogP contribution in [0.25, 0.3) is 0 Å². The van der Waals surface area contributed by atoms with Crippen molar-refractivity contribution >= 4 is 17.2 Å². The lowest BCUT2D eigenvalue weighted by Gasteiger charge is -2.06. The number of aryl methyl sites for hydroxylation is 1. The van der Waals surface area contributed by atoms with Gasteiger partial charge in [0.1, 0.15) is 0 Å². The zero-order valence-corrected chi connectivity index (χ0v) is 10.7. The molecule has 84 valence electrons. The third-order valence-electron chi connectivity index (χ3n) is 2.46. The molecule has 0 spiro atoms. The summed E-state index contributed by atoms with van der Waals surface area (Å²) in [4.78, 5) is 12.8. The summed E-state index contributed by atoms with van der Waals surface area (Å²) >= 11 is 1.75. The van der Waals surface area contributed by atoms with E-state index < -0.39 is 0 Å². The fraction of sp³-hybridized carbons (Fsp3) is 0.583. The summed E-state index contributed by atoms with van der Waals surface area (Å²) in [5.74, 6) is 0.573. The van der Waals surface area contributed by atoms with Gasteiger partial charge in [0.05, 0.1) is 0 Å². The lowest BCUT2D eigenvalue weighted by molar-refractivity contribution is -0.121. The van der Waals surface area contributed by atoms with Crippen molar-refractivity contribution in [3.8, 4) is 0 Å². The maximum absolute atomic E-state index is 11.4. The summed E-state index contributed by atoms with van der Waals surface area (Å²) in [7, 11) is 0. The predicted octanol–water partition coefficient (Wildman–Crippen LogP) is 3.03. The number of carbonyl (C=O) groups is 1. The van der Waals surface area contributed by atoms with Crippen molar-refractivity contribution in [1.82, 2.24) is 5.32 Å². The Kier molecular flexibility index (Phi) is 4.33. The zero-order chi connectivity index (χ0) is 11.4. The fourth-order valence-corrected chi connectivity index (χ4v) is 2.26. The van der Waals surface area contributed by atoms with Gasteiger partial charge in [-0.3, -0.25) is 4.79 Å². The van der Waals surface area contributed by atoms with Gasteiger partial charge >= 0.3 is 0 Å². The molecular weight excluding hydrogens is 206 g/mol. The Morgan fingerprint density at radius 1 is 1.47 bits per heavy atom. The predicted molar refractivity (Wildman–Crippen MR) is 65.1 cm³/mol. The van der Waals surface area contributed by atoms with Crippen molar-refractivity contribution in [3.05, 3.63) is 21.4 Å². The molecular formula is C12H19NOS. The first kappa shape index (κ1) is 12.2. The van der Waals surface area contributed by atoms with Crippen molar-refractivity contribution in [2.75, 3.05) is 0 Å². The first-order chi connectivity index (χ1) is 7.00. The lowest BCUT2D eigenvalue weighted by Crippen LogP contribution is -2.23. The van der Waals surface area contributed by atoms with Crippen LogP contribution in [0.1, 0.15) is 36.3 Å². The SMILES string of the molecule is Cc1scc(CNC(=O)CC(C)C)c1C. The standard InChI is InChI=1S/C12H19NOS/c1-8(2)5-12(14)13-6-11-7-15-10(4)9(11)3/h7-8H,5-6H2,1-4H3,(H,13,14). The van der Waals surface area contributed by atoms with Crippen LogP contribution in [0.3, 0.4) is 0 Å². The summed E-state index contributed by atoms with van der Waals surface area (Å²) in [6.07, 6.45) is 0.613. The van der Waals surface area contributed by atoms with Gasteiger partial charge in [-0.15, -0.1) is 11.3 Å². The van der Waals surface area contributed by atoms with Crippen LogP contribution in [0.2, 0.25) is 0 Å². The van der Waals surface area contributed by atoms with Gasteiger partial charge in [0.25, 0.3) is 0 Å². The van der Waals surface area contributed by atoms with Gasteiger partial charge in [-0.2, -0.15) is 0 Å². The first-order valence-electron chi connectivity index (χ1n) is 5.31. The number of hydrogen-bond donors (Lipinski definition) is 1. The molecule has 1 heterocycles. The van der Waals surface area contributed by atoms with Crippen molar-refractivity contribution in [2.45, 2.75) is 40.7 Å². The van der Waals surface area contributed by atoms with Gasteiger partial charge in [0.15, 0.2) is 0 Å². The van der Waals surface area contributed by atoms with E-state index in [-0.39, 0.29) is 5.91 Å². The second-order valence-corrected chi connectivity index (χ2v) is 5.40. The number of nitrogens with one attached hydrogen (secondary N) is 1. The molecule has 1 aromatic rings. The largest absolute Gasteiger partial charge is 0.352 e. The van der Waals surface area contributed by atoms with Crippen molar-refractivity contribution < 1.29 is 4.79 Å². The van der Waals surface area contributed by atoms with Crippen LogP contribution in [0.5, 0.6) is 0 Å². The molecule has 1 amide bonds. The molecule has 0 aliphatic carbocycles. The average Bonchev–Trinajstić information content (AvgIpc) is 2.44. The number of amides is 1. The number of rotatable bonds is 4. The molecule has 0 bridgehead atoms. The van der Waals surface area contributed by atoms with E-state index in [0.717, 1.165) is 0 Å². The van der Waals surface area contributed by atoms with E-state index in [0.29, 0.717) is 18.9 Å². The second-order valence-electron chi connectivity index (χ2n) is 4.32. The minimum Gasteiger partial charge on any atom is -0.352 e. The molecule has 1 aromatic heterocycles. The molecule has 0 atom stereocenters. The highest BCUT2D eigenvalue weighted by atomic mass is 32.1. The van der Waals surface area contributed by atoms with Crippen molar-refractivity contribution in [3.63, 3.8) is 0 Å². The Morgan fingerprint density at radius 2 is 2.13 bits per heavy atom. The van der Waals surface area contributed by atoms with E-state index in [9.17, 15) is 4.79 Å². The highest BCUT2D eigenvalue weighted by Crippen LogP contribution is 2.20. The lowest BCUT2D eigenvalue weighted by atomic mass is 10.1. The number of hydrogen-bond acceptors (Lipinski definition) is 2. The van der Waals surface area contributed by atoms with Gasteiger partial charge < -0.3 is 5.32 Å². The Morgan fingerprint density at radius 3 is 2.60 bits per heavy atom. The molecule has 3 heteroatoms. The topological polar surface area (TPSA) is 29.1 Å². The van der Waals surface area contributed by atoms with E-state index in [1.165, 1.54) is 16.0 Å². The molecule has 0 saturated carbocycles. The van der Waals surface area contributed by atoms with E-state index >= 15 is 0 Å². The van der Waals surface area contributed by atoms with Gasteiger partial charge in [-0.05, 0) is 36.3 Å². The first-order valence-corrected chi connectivity index (χ1v) is 6.19. The molecule has 0 saturated heterocycles. The van der Waals surface area contributed by atoms with Crippen LogP contribution in [-0.2, 0) is 11.3 Å². The molecule has 15 heavy (non-hydrogen) atoms. The van der Waals surface area contributed by atoms with Crippen LogP contribution < -0.4 is 5.32 Å². The van der Waals surface area contributed by atoms with Crippen LogP contribution in [0, 0.1) is 19.8 Å². The minimum absolute atomic E-state index is 0.147. The Hall–Kier alpha value is -0.830. The summed E-state index contributed by atoms with van der Waals surface area (Å²) in [6, 6.07) is 0. The monoisotopic (exact) mass is 225 g/mol. The number of carbonyl (C=O) groups excluding carboxylic acids is 1. The molecule has 0 aliphatic heterocycles. The van der Waals surface area contributed by atoms with Crippen molar-refractivity contribution in [2.24, 2.45) is 5.92 Å². The van der Waals surface area contributed by atoms with Crippen LogP contribution >= 0.6 is 11.3 Å². The molecule has 0 fully saturated rings.